The van der Waals surface area contributed by atoms with Gasteiger partial charge in [-0.25, -0.2) is 13.2 Å². The lowest BCUT2D eigenvalue weighted by molar-refractivity contribution is 0.487. The molecular formula is C13H8BrF3IN. The molecule has 2 N–H and O–H groups in total. The number of halogens is 5. The molecule has 0 fully saturated rings. The van der Waals surface area contributed by atoms with E-state index in [-0.39, 0.29) is 5.56 Å². The summed E-state index contributed by atoms with van der Waals surface area (Å²) in [6.07, 6.45) is 0. The summed E-state index contributed by atoms with van der Waals surface area (Å²) in [7, 11) is 0. The molecule has 0 radical (unpaired) electrons. The fourth-order valence-electron chi connectivity index (χ4n) is 1.70. The second-order valence-electron chi connectivity index (χ2n) is 3.93. The number of rotatable bonds is 2. The Labute approximate surface area is 130 Å². The number of hydrogen-bond donors (Lipinski definition) is 1. The highest BCUT2D eigenvalue weighted by Gasteiger charge is 2.19. The van der Waals surface area contributed by atoms with Gasteiger partial charge in [0.2, 0.25) is 0 Å². The smallest absolute Gasteiger partial charge is 0.161 e. The first-order chi connectivity index (χ1) is 8.90. The molecule has 0 bridgehead atoms. The number of benzene rings is 2. The third kappa shape index (κ3) is 3.11. The summed E-state index contributed by atoms with van der Waals surface area (Å²) in [6, 6.07) is 5.80. The maximum Gasteiger partial charge on any atom is 0.161 e. The van der Waals surface area contributed by atoms with Crippen LogP contribution >= 0.6 is 38.5 Å². The molecule has 2 aromatic carbocycles. The van der Waals surface area contributed by atoms with E-state index in [1.807, 2.05) is 6.07 Å². The predicted molar refractivity (Wildman–Crippen MR) is 79.2 cm³/mol. The van der Waals surface area contributed by atoms with E-state index < -0.39 is 23.5 Å². The average molecular weight is 442 g/mol. The molecule has 0 spiro atoms. The molecule has 0 aliphatic rings. The fraction of sp³-hybridized carbons (Fsp3) is 0.0769. The van der Waals surface area contributed by atoms with E-state index >= 15 is 0 Å². The summed E-state index contributed by atoms with van der Waals surface area (Å²) < 4.78 is 41.4. The molecule has 1 atom stereocenters. The van der Waals surface area contributed by atoms with Crippen molar-refractivity contribution in [1.29, 1.82) is 0 Å². The summed E-state index contributed by atoms with van der Waals surface area (Å²) in [4.78, 5) is 0. The van der Waals surface area contributed by atoms with Crippen molar-refractivity contribution in [3.05, 3.63) is 67.0 Å². The molecule has 0 saturated heterocycles. The summed E-state index contributed by atoms with van der Waals surface area (Å²) in [5.41, 5.74) is 6.52. The van der Waals surface area contributed by atoms with Gasteiger partial charge in [-0.1, -0.05) is 15.9 Å². The van der Waals surface area contributed by atoms with Crippen molar-refractivity contribution in [2.75, 3.05) is 0 Å². The second-order valence-corrected chi connectivity index (χ2v) is 6.01. The Morgan fingerprint density at radius 3 is 2.26 bits per heavy atom. The molecule has 0 heterocycles. The summed E-state index contributed by atoms with van der Waals surface area (Å²) in [6.45, 7) is 0. The molecule has 1 nitrogen and oxygen atoms in total. The first-order valence-corrected chi connectivity index (χ1v) is 7.12. The second kappa shape index (κ2) is 5.80. The van der Waals surface area contributed by atoms with E-state index in [2.05, 4.69) is 38.5 Å². The van der Waals surface area contributed by atoms with Crippen LogP contribution < -0.4 is 5.73 Å². The molecule has 0 saturated carbocycles. The topological polar surface area (TPSA) is 26.0 Å². The van der Waals surface area contributed by atoms with Crippen LogP contribution in [-0.4, -0.2) is 0 Å². The monoisotopic (exact) mass is 441 g/mol. The highest BCUT2D eigenvalue weighted by atomic mass is 127. The maximum absolute atomic E-state index is 13.7. The highest BCUT2D eigenvalue weighted by molar-refractivity contribution is 14.1. The van der Waals surface area contributed by atoms with Gasteiger partial charge in [0.1, 0.15) is 5.82 Å². The number of hydrogen-bond acceptors (Lipinski definition) is 1. The van der Waals surface area contributed by atoms with Gasteiger partial charge >= 0.3 is 0 Å². The van der Waals surface area contributed by atoms with Crippen LogP contribution in [0.25, 0.3) is 0 Å². The molecule has 100 valence electrons. The van der Waals surface area contributed by atoms with Gasteiger partial charge in [-0.15, -0.1) is 0 Å². The highest BCUT2D eigenvalue weighted by Crippen LogP contribution is 2.29. The fourth-order valence-corrected chi connectivity index (χ4v) is 2.75. The lowest BCUT2D eigenvalue weighted by Crippen LogP contribution is -2.16. The summed E-state index contributed by atoms with van der Waals surface area (Å²) in [5.74, 6) is -3.20. The van der Waals surface area contributed by atoms with Gasteiger partial charge < -0.3 is 5.73 Å². The van der Waals surface area contributed by atoms with Crippen molar-refractivity contribution in [2.24, 2.45) is 5.73 Å². The molecule has 6 heteroatoms. The van der Waals surface area contributed by atoms with Crippen molar-refractivity contribution in [3.63, 3.8) is 0 Å². The van der Waals surface area contributed by atoms with E-state index in [4.69, 9.17) is 5.73 Å². The molecule has 0 aromatic heterocycles. The minimum absolute atomic E-state index is 0.0742. The Morgan fingerprint density at radius 2 is 1.58 bits per heavy atom. The number of nitrogens with two attached hydrogens (primary N) is 1. The molecule has 2 aromatic rings. The Morgan fingerprint density at radius 1 is 0.947 bits per heavy atom. The summed E-state index contributed by atoms with van der Waals surface area (Å²) in [5, 5.41) is 0. The Bertz CT molecular complexity index is 634. The normalized spacial score (nSPS) is 12.5. The average Bonchev–Trinajstić information content (AvgIpc) is 2.36. The van der Waals surface area contributed by atoms with Crippen LogP contribution in [0, 0.1) is 21.0 Å². The molecular weight excluding hydrogens is 434 g/mol. The van der Waals surface area contributed by atoms with E-state index in [0.717, 1.165) is 14.1 Å². The van der Waals surface area contributed by atoms with Crippen molar-refractivity contribution in [2.45, 2.75) is 6.04 Å². The zero-order valence-corrected chi connectivity index (χ0v) is 13.2. The third-order valence-electron chi connectivity index (χ3n) is 2.67. The first kappa shape index (κ1) is 14.8. The SMILES string of the molecule is NC(c1cc(F)c(F)cc1F)c1cc(Br)ccc1I. The summed E-state index contributed by atoms with van der Waals surface area (Å²) >= 11 is 5.35. The molecule has 0 amide bonds. The van der Waals surface area contributed by atoms with Crippen LogP contribution in [0.1, 0.15) is 17.2 Å². The van der Waals surface area contributed by atoms with E-state index in [0.29, 0.717) is 11.6 Å². The zero-order chi connectivity index (χ0) is 14.2. The molecule has 0 aliphatic heterocycles. The Balaban J connectivity index is 2.52. The van der Waals surface area contributed by atoms with Gasteiger partial charge in [0.05, 0.1) is 6.04 Å². The largest absolute Gasteiger partial charge is 0.320 e. The van der Waals surface area contributed by atoms with Gasteiger partial charge in [0.15, 0.2) is 11.6 Å². The van der Waals surface area contributed by atoms with Crippen molar-refractivity contribution in [3.8, 4) is 0 Å². The van der Waals surface area contributed by atoms with Crippen LogP contribution in [0.4, 0.5) is 13.2 Å². The minimum Gasteiger partial charge on any atom is -0.320 e. The molecule has 19 heavy (non-hydrogen) atoms. The quantitative estimate of drug-likeness (QED) is 0.538. The van der Waals surface area contributed by atoms with Gasteiger partial charge in [0.25, 0.3) is 0 Å². The predicted octanol–water partition coefficient (Wildman–Crippen LogP) is 4.52. The van der Waals surface area contributed by atoms with Crippen LogP contribution in [0.5, 0.6) is 0 Å². The maximum atomic E-state index is 13.7. The molecule has 0 aliphatic carbocycles. The van der Waals surface area contributed by atoms with Crippen LogP contribution in [0.2, 0.25) is 0 Å². The third-order valence-corrected chi connectivity index (χ3v) is 4.14. The lowest BCUT2D eigenvalue weighted by atomic mass is 9.99. The van der Waals surface area contributed by atoms with E-state index in [1.54, 1.807) is 12.1 Å². The standard InChI is InChI=1S/C13H8BrF3IN/c14-6-1-2-12(18)8(3-6)13(19)7-4-10(16)11(17)5-9(7)15/h1-5,13H,19H2. The first-order valence-electron chi connectivity index (χ1n) is 5.25. The van der Waals surface area contributed by atoms with Gasteiger partial charge in [0, 0.05) is 19.7 Å². The van der Waals surface area contributed by atoms with E-state index in [9.17, 15) is 13.2 Å². The van der Waals surface area contributed by atoms with Gasteiger partial charge in [-0.3, -0.25) is 0 Å². The van der Waals surface area contributed by atoms with E-state index in [1.165, 1.54) is 0 Å². The van der Waals surface area contributed by atoms with Crippen molar-refractivity contribution >= 4 is 38.5 Å². The minimum atomic E-state index is -1.22. The molecule has 2 rings (SSSR count). The Hall–Kier alpha value is -0.600. The van der Waals surface area contributed by atoms with Crippen LogP contribution in [0.3, 0.4) is 0 Å². The van der Waals surface area contributed by atoms with Gasteiger partial charge in [-0.2, -0.15) is 0 Å². The van der Waals surface area contributed by atoms with Crippen molar-refractivity contribution in [1.82, 2.24) is 0 Å². The van der Waals surface area contributed by atoms with Crippen LogP contribution in [0.15, 0.2) is 34.8 Å². The Kier molecular flexibility index (Phi) is 4.52. The lowest BCUT2D eigenvalue weighted by Gasteiger charge is -2.16. The van der Waals surface area contributed by atoms with Crippen LogP contribution in [-0.2, 0) is 0 Å². The zero-order valence-electron chi connectivity index (χ0n) is 9.43. The van der Waals surface area contributed by atoms with Crippen molar-refractivity contribution < 1.29 is 13.2 Å². The molecule has 1 unspecified atom stereocenters. The van der Waals surface area contributed by atoms with Gasteiger partial charge in [-0.05, 0) is 52.4 Å².